The maximum atomic E-state index is 11.9. The quantitative estimate of drug-likeness (QED) is 0.867. The van der Waals surface area contributed by atoms with Crippen molar-refractivity contribution in [3.8, 4) is 11.5 Å². The minimum atomic E-state index is -0.469. The average Bonchev–Trinajstić information content (AvgIpc) is 2.74. The number of aryl methyl sites for hydroxylation is 1. The Morgan fingerprint density at radius 2 is 2.22 bits per heavy atom. The molecule has 1 aromatic heterocycles. The van der Waals surface area contributed by atoms with Gasteiger partial charge in [0.15, 0.2) is 5.82 Å². The summed E-state index contributed by atoms with van der Waals surface area (Å²) in [5, 5.41) is 15.8. The highest BCUT2D eigenvalue weighted by Crippen LogP contribution is 2.24. The second-order valence-corrected chi connectivity index (χ2v) is 3.66. The number of carbonyl (C=O) groups is 1. The van der Waals surface area contributed by atoms with Gasteiger partial charge in [0.2, 0.25) is 0 Å². The lowest BCUT2D eigenvalue weighted by molar-refractivity contribution is 0.102. The van der Waals surface area contributed by atoms with Gasteiger partial charge >= 0.3 is 0 Å². The van der Waals surface area contributed by atoms with Crippen molar-refractivity contribution >= 4 is 11.7 Å². The standard InChI is InChI=1S/C12H12N2O4/c1-7-5-11(14-18-7)13-12(16)9-4-3-8(17-2)6-10(9)15/h3-6,15H,1-2H3,(H,13,14,16). The van der Waals surface area contributed by atoms with E-state index >= 15 is 0 Å². The van der Waals surface area contributed by atoms with Crippen LogP contribution in [-0.2, 0) is 0 Å². The predicted molar refractivity (Wildman–Crippen MR) is 63.9 cm³/mol. The maximum absolute atomic E-state index is 11.9. The van der Waals surface area contributed by atoms with Gasteiger partial charge in [0.05, 0.1) is 12.7 Å². The number of hydrogen-bond acceptors (Lipinski definition) is 5. The van der Waals surface area contributed by atoms with Gasteiger partial charge in [-0.15, -0.1) is 0 Å². The molecule has 0 spiro atoms. The first kappa shape index (κ1) is 12.0. The third-order valence-corrected chi connectivity index (χ3v) is 2.32. The Morgan fingerprint density at radius 3 is 2.78 bits per heavy atom. The van der Waals surface area contributed by atoms with Crippen LogP contribution >= 0.6 is 0 Å². The number of carbonyl (C=O) groups excluding carboxylic acids is 1. The molecule has 2 aromatic rings. The maximum Gasteiger partial charge on any atom is 0.260 e. The second-order valence-electron chi connectivity index (χ2n) is 3.66. The summed E-state index contributed by atoms with van der Waals surface area (Å²) in [5.41, 5.74) is 0.136. The van der Waals surface area contributed by atoms with Crippen molar-refractivity contribution in [2.45, 2.75) is 6.92 Å². The van der Waals surface area contributed by atoms with Gasteiger partial charge in [0.25, 0.3) is 5.91 Å². The van der Waals surface area contributed by atoms with Crippen molar-refractivity contribution in [3.05, 3.63) is 35.6 Å². The molecule has 6 heteroatoms. The topological polar surface area (TPSA) is 84.6 Å². The Kier molecular flexibility index (Phi) is 3.18. The molecular weight excluding hydrogens is 236 g/mol. The fourth-order valence-electron chi connectivity index (χ4n) is 1.44. The molecule has 0 fully saturated rings. The number of aromatic nitrogens is 1. The molecule has 0 saturated heterocycles. The molecule has 0 radical (unpaired) electrons. The van der Waals surface area contributed by atoms with Crippen LogP contribution in [0, 0.1) is 6.92 Å². The number of phenols is 1. The molecule has 0 aliphatic heterocycles. The van der Waals surface area contributed by atoms with Crippen LogP contribution in [0.5, 0.6) is 11.5 Å². The lowest BCUT2D eigenvalue weighted by atomic mass is 10.2. The number of amides is 1. The zero-order valence-electron chi connectivity index (χ0n) is 9.93. The summed E-state index contributed by atoms with van der Waals surface area (Å²) in [6, 6.07) is 6.00. The number of nitrogens with one attached hydrogen (secondary N) is 1. The van der Waals surface area contributed by atoms with E-state index in [1.54, 1.807) is 19.1 Å². The van der Waals surface area contributed by atoms with Gasteiger partial charge < -0.3 is 19.7 Å². The van der Waals surface area contributed by atoms with E-state index in [9.17, 15) is 9.90 Å². The van der Waals surface area contributed by atoms with E-state index < -0.39 is 5.91 Å². The van der Waals surface area contributed by atoms with E-state index in [2.05, 4.69) is 10.5 Å². The molecule has 0 aliphatic carbocycles. The molecule has 94 valence electrons. The molecule has 0 aliphatic rings. The van der Waals surface area contributed by atoms with Crippen molar-refractivity contribution in [1.29, 1.82) is 0 Å². The van der Waals surface area contributed by atoms with Gasteiger partial charge in [0, 0.05) is 12.1 Å². The van der Waals surface area contributed by atoms with Gasteiger partial charge in [-0.25, -0.2) is 0 Å². The summed E-state index contributed by atoms with van der Waals surface area (Å²) in [6.45, 7) is 1.72. The minimum Gasteiger partial charge on any atom is -0.507 e. The number of benzene rings is 1. The number of anilines is 1. The van der Waals surface area contributed by atoms with Crippen molar-refractivity contribution in [3.63, 3.8) is 0 Å². The van der Waals surface area contributed by atoms with Crippen LogP contribution in [0.1, 0.15) is 16.1 Å². The highest BCUT2D eigenvalue weighted by atomic mass is 16.5. The largest absolute Gasteiger partial charge is 0.507 e. The van der Waals surface area contributed by atoms with Gasteiger partial charge in [-0.2, -0.15) is 0 Å². The molecule has 0 saturated carbocycles. The van der Waals surface area contributed by atoms with E-state index in [-0.39, 0.29) is 11.3 Å². The van der Waals surface area contributed by atoms with Gasteiger partial charge in [0.1, 0.15) is 17.3 Å². The summed E-state index contributed by atoms with van der Waals surface area (Å²) in [4.78, 5) is 11.9. The Balaban J connectivity index is 2.18. The van der Waals surface area contributed by atoms with E-state index in [1.807, 2.05) is 0 Å². The van der Waals surface area contributed by atoms with E-state index in [0.717, 1.165) is 0 Å². The lowest BCUT2D eigenvalue weighted by Crippen LogP contribution is -2.12. The molecular formula is C12H12N2O4. The number of rotatable bonds is 3. The summed E-state index contributed by atoms with van der Waals surface area (Å²) in [6.07, 6.45) is 0. The van der Waals surface area contributed by atoms with Crippen LogP contribution in [0.3, 0.4) is 0 Å². The van der Waals surface area contributed by atoms with Crippen molar-refractivity contribution < 1.29 is 19.2 Å². The van der Waals surface area contributed by atoms with Crippen molar-refractivity contribution in [2.75, 3.05) is 12.4 Å². The Bertz CT molecular complexity index is 577. The molecule has 6 nitrogen and oxygen atoms in total. The SMILES string of the molecule is COc1ccc(C(=O)Nc2cc(C)on2)c(O)c1. The number of phenolic OH excluding ortho intramolecular Hbond substituents is 1. The van der Waals surface area contributed by atoms with E-state index in [0.29, 0.717) is 17.3 Å². The third kappa shape index (κ3) is 2.42. The zero-order valence-corrected chi connectivity index (χ0v) is 9.93. The molecule has 1 heterocycles. The first-order valence-corrected chi connectivity index (χ1v) is 5.22. The lowest BCUT2D eigenvalue weighted by Gasteiger charge is -2.06. The highest BCUT2D eigenvalue weighted by Gasteiger charge is 2.13. The fourth-order valence-corrected chi connectivity index (χ4v) is 1.44. The summed E-state index contributed by atoms with van der Waals surface area (Å²) in [5.74, 6) is 0.730. The van der Waals surface area contributed by atoms with Gasteiger partial charge in [-0.1, -0.05) is 5.16 Å². The van der Waals surface area contributed by atoms with Gasteiger partial charge in [-0.3, -0.25) is 4.79 Å². The van der Waals surface area contributed by atoms with Gasteiger partial charge in [-0.05, 0) is 19.1 Å². The summed E-state index contributed by atoms with van der Waals surface area (Å²) in [7, 11) is 1.48. The normalized spacial score (nSPS) is 10.1. The van der Waals surface area contributed by atoms with Crippen LogP contribution < -0.4 is 10.1 Å². The first-order valence-electron chi connectivity index (χ1n) is 5.22. The highest BCUT2D eigenvalue weighted by molar-refractivity contribution is 6.05. The number of aromatic hydroxyl groups is 1. The average molecular weight is 248 g/mol. The Labute approximate surface area is 103 Å². The molecule has 0 unspecified atom stereocenters. The van der Waals surface area contributed by atoms with Crippen molar-refractivity contribution in [2.24, 2.45) is 0 Å². The molecule has 1 aromatic carbocycles. The van der Waals surface area contributed by atoms with Crippen molar-refractivity contribution in [1.82, 2.24) is 5.16 Å². The number of hydrogen-bond donors (Lipinski definition) is 2. The fraction of sp³-hybridized carbons (Fsp3) is 0.167. The van der Waals surface area contributed by atoms with Crippen LogP contribution in [0.15, 0.2) is 28.8 Å². The Hall–Kier alpha value is -2.50. The number of ether oxygens (including phenoxy) is 1. The predicted octanol–water partition coefficient (Wildman–Crippen LogP) is 1.95. The van der Waals surface area contributed by atoms with Crippen LogP contribution in [0.25, 0.3) is 0 Å². The van der Waals surface area contributed by atoms with E-state index in [4.69, 9.17) is 9.26 Å². The summed E-state index contributed by atoms with van der Waals surface area (Å²) < 4.78 is 9.75. The molecule has 0 bridgehead atoms. The number of nitrogens with zero attached hydrogens (tertiary/aromatic N) is 1. The minimum absolute atomic E-state index is 0.136. The first-order chi connectivity index (χ1) is 8.60. The van der Waals surface area contributed by atoms with E-state index in [1.165, 1.54) is 19.2 Å². The molecule has 2 rings (SSSR count). The Morgan fingerprint density at radius 1 is 1.44 bits per heavy atom. The number of methoxy groups -OCH3 is 1. The van der Waals surface area contributed by atoms with Crippen LogP contribution in [-0.4, -0.2) is 23.3 Å². The molecule has 2 N–H and O–H groups in total. The zero-order chi connectivity index (χ0) is 13.1. The van der Waals surface area contributed by atoms with Crippen LogP contribution in [0.4, 0.5) is 5.82 Å². The third-order valence-electron chi connectivity index (χ3n) is 2.32. The smallest absolute Gasteiger partial charge is 0.260 e. The monoisotopic (exact) mass is 248 g/mol. The molecule has 18 heavy (non-hydrogen) atoms. The van der Waals surface area contributed by atoms with Crippen LogP contribution in [0.2, 0.25) is 0 Å². The molecule has 1 amide bonds. The summed E-state index contributed by atoms with van der Waals surface area (Å²) >= 11 is 0. The second kappa shape index (κ2) is 4.79. The molecule has 0 atom stereocenters.